The first-order valence-electron chi connectivity index (χ1n) is 7.31. The molecule has 1 unspecified atom stereocenters. The fourth-order valence-corrected chi connectivity index (χ4v) is 2.27. The van der Waals surface area contributed by atoms with E-state index in [2.05, 4.69) is 17.2 Å². The Kier molecular flexibility index (Phi) is 5.79. The van der Waals surface area contributed by atoms with E-state index in [0.29, 0.717) is 18.5 Å². The summed E-state index contributed by atoms with van der Waals surface area (Å²) >= 11 is 0. The maximum Gasteiger partial charge on any atom is 0.251 e. The molecule has 4 heteroatoms. The van der Waals surface area contributed by atoms with Crippen molar-refractivity contribution in [2.45, 2.75) is 32.3 Å². The summed E-state index contributed by atoms with van der Waals surface area (Å²) < 4.78 is 5.50. The molecule has 2 N–H and O–H groups in total. The third kappa shape index (κ3) is 4.59. The average molecular weight is 287 g/mol. The minimum atomic E-state index is -0.0891. The summed E-state index contributed by atoms with van der Waals surface area (Å²) in [5.74, 6) is 5.72. The van der Waals surface area contributed by atoms with Gasteiger partial charge in [-0.1, -0.05) is 17.9 Å². The van der Waals surface area contributed by atoms with Gasteiger partial charge in [-0.25, -0.2) is 0 Å². The number of benzene rings is 1. The molecule has 0 bridgehead atoms. The molecular formula is C17H21NO3. The Morgan fingerprint density at radius 3 is 3.10 bits per heavy atom. The number of carbonyl (C=O) groups is 1. The highest BCUT2D eigenvalue weighted by Gasteiger charge is 2.17. The number of hydrogen-bond donors (Lipinski definition) is 2. The van der Waals surface area contributed by atoms with Gasteiger partial charge in [-0.2, -0.15) is 0 Å². The number of hydrogen-bond acceptors (Lipinski definition) is 3. The standard InChI is InChI=1S/C17H21NO3/c1-13-7-8-14(5-2-3-9-19)11-16(13)17(20)18-12-15-6-4-10-21-15/h7-8,11,15,19H,3-4,6,9-10,12H2,1H3,(H,18,20). The van der Waals surface area contributed by atoms with Crippen molar-refractivity contribution >= 4 is 5.91 Å². The van der Waals surface area contributed by atoms with Crippen LogP contribution in [0.4, 0.5) is 0 Å². The van der Waals surface area contributed by atoms with E-state index in [-0.39, 0.29) is 18.6 Å². The fourth-order valence-electron chi connectivity index (χ4n) is 2.27. The van der Waals surface area contributed by atoms with Crippen LogP contribution in [-0.4, -0.2) is 36.9 Å². The molecule has 1 aliphatic rings. The molecule has 112 valence electrons. The molecule has 0 aliphatic carbocycles. The van der Waals surface area contributed by atoms with Gasteiger partial charge in [0, 0.05) is 30.7 Å². The van der Waals surface area contributed by atoms with Gasteiger partial charge in [-0.05, 0) is 37.5 Å². The van der Waals surface area contributed by atoms with Crippen molar-refractivity contribution in [1.29, 1.82) is 0 Å². The maximum absolute atomic E-state index is 12.2. The molecule has 1 amide bonds. The Balaban J connectivity index is 2.01. The Labute approximate surface area is 125 Å². The van der Waals surface area contributed by atoms with Crippen LogP contribution >= 0.6 is 0 Å². The Morgan fingerprint density at radius 1 is 1.52 bits per heavy atom. The van der Waals surface area contributed by atoms with E-state index in [0.717, 1.165) is 30.6 Å². The molecule has 0 saturated carbocycles. The second-order valence-corrected chi connectivity index (χ2v) is 5.15. The van der Waals surface area contributed by atoms with Crippen LogP contribution in [0.15, 0.2) is 18.2 Å². The van der Waals surface area contributed by atoms with Crippen molar-refractivity contribution in [3.8, 4) is 11.8 Å². The van der Waals surface area contributed by atoms with Crippen LogP contribution in [0.25, 0.3) is 0 Å². The number of nitrogens with one attached hydrogen (secondary N) is 1. The molecule has 0 spiro atoms. The molecule has 0 aromatic heterocycles. The van der Waals surface area contributed by atoms with Crippen molar-refractivity contribution in [1.82, 2.24) is 5.32 Å². The Bertz CT molecular complexity index is 551. The van der Waals surface area contributed by atoms with Gasteiger partial charge in [0.15, 0.2) is 0 Å². The number of rotatable bonds is 4. The van der Waals surface area contributed by atoms with Gasteiger partial charge in [0.1, 0.15) is 0 Å². The summed E-state index contributed by atoms with van der Waals surface area (Å²) in [6.07, 6.45) is 2.65. The summed E-state index contributed by atoms with van der Waals surface area (Å²) in [7, 11) is 0. The van der Waals surface area contributed by atoms with Crippen molar-refractivity contribution in [3.05, 3.63) is 34.9 Å². The van der Waals surface area contributed by atoms with Gasteiger partial charge in [0.05, 0.1) is 12.7 Å². The topological polar surface area (TPSA) is 58.6 Å². The summed E-state index contributed by atoms with van der Waals surface area (Å²) in [4.78, 5) is 12.2. The van der Waals surface area contributed by atoms with Crippen LogP contribution in [-0.2, 0) is 4.74 Å². The number of aliphatic hydroxyl groups is 1. The first kappa shape index (κ1) is 15.6. The minimum Gasteiger partial charge on any atom is -0.395 e. The molecule has 21 heavy (non-hydrogen) atoms. The lowest BCUT2D eigenvalue weighted by Crippen LogP contribution is -2.32. The first-order chi connectivity index (χ1) is 10.2. The SMILES string of the molecule is Cc1ccc(C#CCCO)cc1C(=O)NCC1CCCO1. The third-order valence-corrected chi connectivity index (χ3v) is 3.47. The predicted molar refractivity (Wildman–Crippen MR) is 81.1 cm³/mol. The number of aliphatic hydroxyl groups excluding tert-OH is 1. The van der Waals surface area contributed by atoms with Crippen molar-refractivity contribution in [2.24, 2.45) is 0 Å². The predicted octanol–water partition coefficient (Wildman–Crippen LogP) is 1.64. The normalized spacial score (nSPS) is 17.1. The van der Waals surface area contributed by atoms with E-state index in [1.54, 1.807) is 6.07 Å². The first-order valence-corrected chi connectivity index (χ1v) is 7.31. The lowest BCUT2D eigenvalue weighted by atomic mass is 10.0. The molecule has 1 aromatic rings. The van der Waals surface area contributed by atoms with E-state index >= 15 is 0 Å². The molecule has 2 rings (SSSR count). The zero-order valence-electron chi connectivity index (χ0n) is 12.3. The number of carbonyl (C=O) groups excluding carboxylic acids is 1. The highest BCUT2D eigenvalue weighted by Crippen LogP contribution is 2.13. The lowest BCUT2D eigenvalue weighted by Gasteiger charge is -2.12. The lowest BCUT2D eigenvalue weighted by molar-refractivity contribution is 0.0857. The van der Waals surface area contributed by atoms with Crippen LogP contribution in [0.1, 0.15) is 40.7 Å². The Morgan fingerprint density at radius 2 is 2.38 bits per heavy atom. The zero-order valence-corrected chi connectivity index (χ0v) is 12.3. The fraction of sp³-hybridized carbons (Fsp3) is 0.471. The average Bonchev–Trinajstić information content (AvgIpc) is 3.00. The zero-order chi connectivity index (χ0) is 15.1. The third-order valence-electron chi connectivity index (χ3n) is 3.47. The number of ether oxygens (including phenoxy) is 1. The van der Waals surface area contributed by atoms with E-state index in [4.69, 9.17) is 9.84 Å². The molecule has 4 nitrogen and oxygen atoms in total. The number of amides is 1. The van der Waals surface area contributed by atoms with Gasteiger partial charge in [-0.15, -0.1) is 0 Å². The Hall–Kier alpha value is -1.83. The molecule has 1 aliphatic heterocycles. The summed E-state index contributed by atoms with van der Waals surface area (Å²) in [6, 6.07) is 5.57. The summed E-state index contributed by atoms with van der Waals surface area (Å²) in [6.45, 7) is 3.30. The van der Waals surface area contributed by atoms with Gasteiger partial charge in [0.25, 0.3) is 5.91 Å². The molecule has 0 radical (unpaired) electrons. The van der Waals surface area contributed by atoms with Crippen LogP contribution < -0.4 is 5.32 Å². The molecule has 1 aromatic carbocycles. The van der Waals surface area contributed by atoms with E-state index in [1.807, 2.05) is 19.1 Å². The van der Waals surface area contributed by atoms with Crippen molar-refractivity contribution in [2.75, 3.05) is 19.8 Å². The van der Waals surface area contributed by atoms with Crippen molar-refractivity contribution in [3.63, 3.8) is 0 Å². The maximum atomic E-state index is 12.2. The number of aryl methyl sites for hydroxylation is 1. The molecule has 1 saturated heterocycles. The van der Waals surface area contributed by atoms with Crippen LogP contribution in [0.3, 0.4) is 0 Å². The highest BCUT2D eigenvalue weighted by molar-refractivity contribution is 5.96. The highest BCUT2D eigenvalue weighted by atomic mass is 16.5. The van der Waals surface area contributed by atoms with E-state index < -0.39 is 0 Å². The molecule has 1 fully saturated rings. The van der Waals surface area contributed by atoms with Gasteiger partial charge in [0.2, 0.25) is 0 Å². The van der Waals surface area contributed by atoms with Gasteiger partial charge < -0.3 is 15.2 Å². The minimum absolute atomic E-state index is 0.0492. The van der Waals surface area contributed by atoms with E-state index in [1.165, 1.54) is 0 Å². The quantitative estimate of drug-likeness (QED) is 0.828. The largest absolute Gasteiger partial charge is 0.395 e. The molecule has 1 heterocycles. The monoisotopic (exact) mass is 287 g/mol. The second-order valence-electron chi connectivity index (χ2n) is 5.15. The van der Waals surface area contributed by atoms with Crippen LogP contribution in [0, 0.1) is 18.8 Å². The van der Waals surface area contributed by atoms with Crippen molar-refractivity contribution < 1.29 is 14.6 Å². The van der Waals surface area contributed by atoms with Gasteiger partial charge in [-0.3, -0.25) is 4.79 Å². The van der Waals surface area contributed by atoms with Crippen LogP contribution in [0.2, 0.25) is 0 Å². The smallest absolute Gasteiger partial charge is 0.251 e. The summed E-state index contributed by atoms with van der Waals surface area (Å²) in [5.41, 5.74) is 2.35. The second kappa shape index (κ2) is 7.82. The summed E-state index contributed by atoms with van der Waals surface area (Å²) in [5, 5.41) is 11.7. The molecule has 1 atom stereocenters. The molecular weight excluding hydrogens is 266 g/mol. The van der Waals surface area contributed by atoms with Gasteiger partial charge >= 0.3 is 0 Å². The van der Waals surface area contributed by atoms with Crippen LogP contribution in [0.5, 0.6) is 0 Å². The van der Waals surface area contributed by atoms with E-state index in [9.17, 15) is 4.79 Å².